The molecule has 0 unspecified atom stereocenters. The van der Waals surface area contributed by atoms with Crippen molar-refractivity contribution in [1.29, 1.82) is 0 Å². The molecule has 0 spiro atoms. The number of nitrogens with zero attached hydrogens (tertiary/aromatic N) is 2. The Hall–Kier alpha value is -4.99. The van der Waals surface area contributed by atoms with Crippen molar-refractivity contribution >= 4 is 60.1 Å². The molecule has 0 N–H and O–H groups in total. The predicted molar refractivity (Wildman–Crippen MR) is 227 cm³/mol. The average Bonchev–Trinajstić information content (AvgIpc) is 3.18. The zero-order valence-electron chi connectivity index (χ0n) is 32.6. The normalized spacial score (nSPS) is 11.4. The molecule has 0 aromatic heterocycles. The van der Waals surface area contributed by atoms with Crippen LogP contribution in [0.25, 0.3) is 21.5 Å². The Morgan fingerprint density at radius 3 is 1.57 bits per heavy atom. The predicted octanol–water partition coefficient (Wildman–Crippen LogP) is 5.86. The van der Waals surface area contributed by atoms with Crippen molar-refractivity contribution in [2.75, 3.05) is 52.7 Å². The Morgan fingerprint density at radius 2 is 1.02 bits per heavy atom. The second-order valence-electron chi connectivity index (χ2n) is 14.0. The van der Waals surface area contributed by atoms with Gasteiger partial charge in [-0.25, -0.2) is 9.59 Å². The Kier molecular flexibility index (Phi) is 16.1. The summed E-state index contributed by atoms with van der Waals surface area (Å²) >= 11 is 0. The number of rotatable bonds is 22. The highest BCUT2D eigenvalue weighted by atomic mass is 16.6. The molecule has 10 heteroatoms. The zero-order chi connectivity index (χ0) is 39.9. The minimum atomic E-state index is -0.423. The monoisotopic (exact) mass is 748 g/mol. The van der Waals surface area contributed by atoms with Gasteiger partial charge in [-0.3, -0.25) is 9.80 Å². The van der Waals surface area contributed by atoms with Crippen molar-refractivity contribution in [3.05, 3.63) is 144 Å². The summed E-state index contributed by atoms with van der Waals surface area (Å²) in [7, 11) is 12.9. The van der Waals surface area contributed by atoms with E-state index in [4.69, 9.17) is 34.6 Å². The third-order valence-corrected chi connectivity index (χ3v) is 9.48. The van der Waals surface area contributed by atoms with Gasteiger partial charge in [-0.1, -0.05) is 115 Å². The molecular formula is C46H50B2N2O6. The minimum absolute atomic E-state index is 0.160. The van der Waals surface area contributed by atoms with Crippen LogP contribution in [0.3, 0.4) is 0 Å². The van der Waals surface area contributed by atoms with Gasteiger partial charge < -0.3 is 18.9 Å². The second kappa shape index (κ2) is 21.3. The van der Waals surface area contributed by atoms with E-state index in [2.05, 4.69) is 83.6 Å². The van der Waals surface area contributed by atoms with Crippen molar-refractivity contribution in [2.24, 2.45) is 0 Å². The van der Waals surface area contributed by atoms with Crippen molar-refractivity contribution in [3.8, 4) is 0 Å². The van der Waals surface area contributed by atoms with E-state index in [0.717, 1.165) is 32.8 Å². The summed E-state index contributed by atoms with van der Waals surface area (Å²) in [4.78, 5) is 28.4. The number of hydrogen-bond donors (Lipinski definition) is 0. The molecule has 0 bridgehead atoms. The molecule has 5 rings (SSSR count). The fraction of sp³-hybridized carbons (Fsp3) is 0.304. The molecule has 5 aromatic carbocycles. The first-order valence-corrected chi connectivity index (χ1v) is 18.9. The van der Waals surface area contributed by atoms with Crippen LogP contribution in [0.2, 0.25) is 0 Å². The number of carbonyl (C=O) groups excluding carboxylic acids is 2. The maximum atomic E-state index is 11.8. The molecule has 8 nitrogen and oxygen atoms in total. The summed E-state index contributed by atoms with van der Waals surface area (Å²) in [5.41, 5.74) is 6.66. The van der Waals surface area contributed by atoms with E-state index >= 15 is 0 Å². The highest BCUT2D eigenvalue weighted by Crippen LogP contribution is 2.33. The van der Waals surface area contributed by atoms with Gasteiger partial charge in [-0.15, -0.1) is 0 Å². The maximum Gasteiger partial charge on any atom is 0.333 e. The van der Waals surface area contributed by atoms with Crippen LogP contribution in [0, 0.1) is 0 Å². The lowest BCUT2D eigenvalue weighted by molar-refractivity contribution is -0.141. The standard InChI is InChI=1S/C46H50B2N2O6/c1-33(2)45(51)55-26-24-53-22-20-49(29-37-13-6-9-18-42(37)47)31-39-16-11-15-36-28-35-12-5-8-17-40(35)41(44(36)39)32-50(30-38-14-7-10-19-43(38)48)21-23-54-25-27-56-46(52)34(3)4/h5-19,28H,1,3,20-27,29-32H2,2,4H3. The molecule has 56 heavy (non-hydrogen) atoms. The molecule has 0 heterocycles. The number of ether oxygens (including phenoxy) is 4. The molecular weight excluding hydrogens is 698 g/mol. The Balaban J connectivity index is 1.44. The number of hydrogen-bond acceptors (Lipinski definition) is 8. The smallest absolute Gasteiger partial charge is 0.333 e. The molecule has 0 fully saturated rings. The minimum Gasteiger partial charge on any atom is -0.460 e. The van der Waals surface area contributed by atoms with Gasteiger partial charge in [0.15, 0.2) is 0 Å². The fourth-order valence-corrected chi connectivity index (χ4v) is 6.56. The van der Waals surface area contributed by atoms with E-state index in [0.29, 0.717) is 63.6 Å². The molecule has 286 valence electrons. The summed E-state index contributed by atoms with van der Waals surface area (Å²) in [6.45, 7) is 16.1. The van der Waals surface area contributed by atoms with Crippen LogP contribution in [0.5, 0.6) is 0 Å². The van der Waals surface area contributed by atoms with Gasteiger partial charge in [0.05, 0.1) is 26.4 Å². The third-order valence-electron chi connectivity index (χ3n) is 9.48. The van der Waals surface area contributed by atoms with E-state index in [1.807, 2.05) is 36.4 Å². The van der Waals surface area contributed by atoms with Gasteiger partial charge in [0.1, 0.15) is 28.9 Å². The van der Waals surface area contributed by atoms with Gasteiger partial charge >= 0.3 is 11.9 Å². The first-order chi connectivity index (χ1) is 27.1. The van der Waals surface area contributed by atoms with E-state index in [-0.39, 0.29) is 26.4 Å². The first-order valence-electron chi connectivity index (χ1n) is 18.9. The lowest BCUT2D eigenvalue weighted by atomic mass is 9.89. The third kappa shape index (κ3) is 12.3. The fourth-order valence-electron chi connectivity index (χ4n) is 6.56. The van der Waals surface area contributed by atoms with Crippen LogP contribution in [0.1, 0.15) is 36.1 Å². The van der Waals surface area contributed by atoms with Crippen molar-refractivity contribution in [3.63, 3.8) is 0 Å². The lowest BCUT2D eigenvalue weighted by Crippen LogP contribution is -2.31. The Bertz CT molecular complexity index is 2140. The highest BCUT2D eigenvalue weighted by Gasteiger charge is 2.18. The lowest BCUT2D eigenvalue weighted by Gasteiger charge is -2.27. The second-order valence-corrected chi connectivity index (χ2v) is 14.0. The average molecular weight is 749 g/mol. The van der Waals surface area contributed by atoms with Crippen LogP contribution in [-0.2, 0) is 54.7 Å². The summed E-state index contributed by atoms with van der Waals surface area (Å²) < 4.78 is 22.3. The van der Waals surface area contributed by atoms with Crippen molar-refractivity contribution < 1.29 is 28.5 Å². The van der Waals surface area contributed by atoms with Crippen LogP contribution in [-0.4, -0.2) is 90.2 Å². The van der Waals surface area contributed by atoms with E-state index < -0.39 is 11.9 Å². The Labute approximate surface area is 333 Å². The molecule has 0 saturated heterocycles. The first kappa shape index (κ1) is 42.2. The van der Waals surface area contributed by atoms with Crippen LogP contribution < -0.4 is 10.9 Å². The van der Waals surface area contributed by atoms with Gasteiger partial charge in [0, 0.05) is 50.4 Å². The van der Waals surface area contributed by atoms with E-state index in [1.165, 1.54) is 21.9 Å². The van der Waals surface area contributed by atoms with Crippen molar-refractivity contribution in [1.82, 2.24) is 9.80 Å². The molecule has 0 aliphatic rings. The number of benzene rings is 5. The van der Waals surface area contributed by atoms with Crippen LogP contribution >= 0.6 is 0 Å². The molecule has 0 amide bonds. The molecule has 5 aromatic rings. The van der Waals surface area contributed by atoms with Gasteiger partial charge in [-0.2, -0.15) is 0 Å². The topological polar surface area (TPSA) is 77.5 Å². The van der Waals surface area contributed by atoms with Gasteiger partial charge in [-0.05, 0) is 63.7 Å². The van der Waals surface area contributed by atoms with Gasteiger partial charge in [0.2, 0.25) is 0 Å². The van der Waals surface area contributed by atoms with Crippen LogP contribution in [0.4, 0.5) is 0 Å². The molecule has 0 aliphatic carbocycles. The van der Waals surface area contributed by atoms with E-state index in [1.54, 1.807) is 13.8 Å². The highest BCUT2D eigenvalue weighted by molar-refractivity contribution is 6.33. The number of fused-ring (bicyclic) bond motifs is 2. The van der Waals surface area contributed by atoms with Crippen molar-refractivity contribution in [2.45, 2.75) is 40.0 Å². The summed E-state index contributed by atoms with van der Waals surface area (Å²) in [5.74, 6) is -0.845. The SMILES string of the molecule is [B]c1ccccc1CN(CCOCCOC(=O)C(=C)C)Cc1cccc2cc3ccccc3c(CN(CCOCCOC(=O)C(=C)C)Cc3ccccc3[B])c12. The largest absolute Gasteiger partial charge is 0.460 e. The number of carbonyl (C=O) groups is 2. The molecule has 0 aliphatic heterocycles. The summed E-state index contributed by atoms with van der Waals surface area (Å²) in [6, 6.07) is 33.2. The van der Waals surface area contributed by atoms with E-state index in [9.17, 15) is 9.59 Å². The molecule has 0 saturated carbocycles. The quantitative estimate of drug-likeness (QED) is 0.0287. The number of esters is 2. The van der Waals surface area contributed by atoms with Crippen LogP contribution in [0.15, 0.2) is 121 Å². The van der Waals surface area contributed by atoms with Gasteiger partial charge in [0.25, 0.3) is 0 Å². The summed E-state index contributed by atoms with van der Waals surface area (Å²) in [5, 5.41) is 4.69. The molecule has 0 atom stereocenters. The maximum absolute atomic E-state index is 11.8. The summed E-state index contributed by atoms with van der Waals surface area (Å²) in [6.07, 6.45) is 0. The zero-order valence-corrected chi connectivity index (χ0v) is 32.6. The Morgan fingerprint density at radius 1 is 0.554 bits per heavy atom. The molecule has 4 radical (unpaired) electrons.